The van der Waals surface area contributed by atoms with Crippen molar-refractivity contribution in [3.63, 3.8) is 0 Å². The molecule has 1 aromatic heterocycles. The number of hydrogen-bond donors (Lipinski definition) is 3. The van der Waals surface area contributed by atoms with Gasteiger partial charge in [-0.15, -0.1) is 24.0 Å². The zero-order valence-electron chi connectivity index (χ0n) is 17.4. The SMILES string of the molecule is CCNC(=NCCCOCc1ccco1)NCCC(=O)Nc1cccc(Cl)c1C.I. The number of hydrogen-bond acceptors (Lipinski definition) is 4. The van der Waals surface area contributed by atoms with E-state index in [-0.39, 0.29) is 29.9 Å². The third-order valence-corrected chi connectivity index (χ3v) is 4.48. The molecular formula is C21H30ClIN4O3. The van der Waals surface area contributed by atoms with Crippen LogP contribution in [0.4, 0.5) is 5.69 Å². The van der Waals surface area contributed by atoms with E-state index in [1.807, 2.05) is 38.1 Å². The molecule has 166 valence electrons. The standard InChI is InChI=1S/C21H29ClN4O3.HI/c1-3-23-21(24-11-6-13-28-15-17-7-5-14-29-17)25-12-10-20(27)26-19-9-4-8-18(22)16(19)2;/h4-5,7-9,14H,3,6,10-13,15H2,1-2H3,(H,26,27)(H2,23,24,25);1H. The van der Waals surface area contributed by atoms with Gasteiger partial charge in [-0.05, 0) is 50.1 Å². The number of carbonyl (C=O) groups excluding carboxylic acids is 1. The van der Waals surface area contributed by atoms with E-state index in [0.29, 0.717) is 43.7 Å². The Hall–Kier alpha value is -1.78. The van der Waals surface area contributed by atoms with Gasteiger partial charge < -0.3 is 25.1 Å². The fraction of sp³-hybridized carbons (Fsp3) is 0.429. The lowest BCUT2D eigenvalue weighted by Gasteiger charge is -2.12. The second-order valence-corrected chi connectivity index (χ2v) is 6.79. The number of rotatable bonds is 11. The van der Waals surface area contributed by atoms with Crippen molar-refractivity contribution in [1.29, 1.82) is 0 Å². The predicted octanol–water partition coefficient (Wildman–Crippen LogP) is 4.35. The largest absolute Gasteiger partial charge is 0.467 e. The normalized spacial score (nSPS) is 11.0. The van der Waals surface area contributed by atoms with Gasteiger partial charge in [0.1, 0.15) is 12.4 Å². The van der Waals surface area contributed by atoms with Crippen LogP contribution in [0.5, 0.6) is 0 Å². The minimum Gasteiger partial charge on any atom is -0.467 e. The zero-order valence-corrected chi connectivity index (χ0v) is 20.5. The summed E-state index contributed by atoms with van der Waals surface area (Å²) in [6.07, 6.45) is 2.75. The van der Waals surface area contributed by atoms with E-state index in [1.54, 1.807) is 12.3 Å². The summed E-state index contributed by atoms with van der Waals surface area (Å²) in [6, 6.07) is 9.18. The molecule has 1 amide bonds. The lowest BCUT2D eigenvalue weighted by atomic mass is 10.2. The number of anilines is 1. The van der Waals surface area contributed by atoms with E-state index in [4.69, 9.17) is 20.8 Å². The molecule has 0 fully saturated rings. The monoisotopic (exact) mass is 548 g/mol. The van der Waals surface area contributed by atoms with Crippen molar-refractivity contribution in [3.05, 3.63) is 52.9 Å². The first-order valence-electron chi connectivity index (χ1n) is 9.77. The van der Waals surface area contributed by atoms with Crippen LogP contribution in [0.2, 0.25) is 5.02 Å². The van der Waals surface area contributed by atoms with Crippen LogP contribution in [0.3, 0.4) is 0 Å². The quantitative estimate of drug-likeness (QED) is 0.168. The van der Waals surface area contributed by atoms with Gasteiger partial charge >= 0.3 is 0 Å². The van der Waals surface area contributed by atoms with Crippen molar-refractivity contribution >= 4 is 53.1 Å². The fourth-order valence-corrected chi connectivity index (χ4v) is 2.69. The molecule has 2 aromatic rings. The summed E-state index contributed by atoms with van der Waals surface area (Å²) in [4.78, 5) is 16.7. The van der Waals surface area contributed by atoms with E-state index >= 15 is 0 Å². The number of halogens is 2. The van der Waals surface area contributed by atoms with Crippen molar-refractivity contribution in [2.24, 2.45) is 4.99 Å². The molecule has 0 unspecified atom stereocenters. The van der Waals surface area contributed by atoms with Gasteiger partial charge in [-0.2, -0.15) is 0 Å². The summed E-state index contributed by atoms with van der Waals surface area (Å²) < 4.78 is 10.8. The minimum absolute atomic E-state index is 0. The minimum atomic E-state index is -0.0787. The molecule has 0 saturated heterocycles. The van der Waals surface area contributed by atoms with E-state index in [9.17, 15) is 4.79 Å². The molecule has 0 aliphatic heterocycles. The Morgan fingerprint density at radius 1 is 1.23 bits per heavy atom. The van der Waals surface area contributed by atoms with Gasteiger partial charge in [0.2, 0.25) is 5.91 Å². The van der Waals surface area contributed by atoms with Crippen molar-refractivity contribution < 1.29 is 13.9 Å². The summed E-state index contributed by atoms with van der Waals surface area (Å²) in [5.74, 6) is 1.42. The molecule has 3 N–H and O–H groups in total. The number of nitrogens with zero attached hydrogens (tertiary/aromatic N) is 1. The van der Waals surface area contributed by atoms with Crippen LogP contribution in [-0.4, -0.2) is 38.1 Å². The summed E-state index contributed by atoms with van der Waals surface area (Å²) in [7, 11) is 0. The lowest BCUT2D eigenvalue weighted by Crippen LogP contribution is -2.38. The molecule has 9 heteroatoms. The molecule has 0 bridgehead atoms. The van der Waals surface area contributed by atoms with E-state index in [0.717, 1.165) is 30.0 Å². The van der Waals surface area contributed by atoms with E-state index in [1.165, 1.54) is 0 Å². The van der Waals surface area contributed by atoms with Crippen LogP contribution in [-0.2, 0) is 16.1 Å². The summed E-state index contributed by atoms with van der Waals surface area (Å²) >= 11 is 6.08. The molecule has 1 heterocycles. The molecule has 1 aromatic carbocycles. The molecule has 0 aliphatic carbocycles. The predicted molar refractivity (Wildman–Crippen MR) is 132 cm³/mol. The van der Waals surface area contributed by atoms with Crippen molar-refractivity contribution in [3.8, 4) is 0 Å². The maximum Gasteiger partial charge on any atom is 0.226 e. The molecule has 0 aliphatic rings. The Kier molecular flexibility index (Phi) is 13.2. The van der Waals surface area contributed by atoms with E-state index < -0.39 is 0 Å². The van der Waals surface area contributed by atoms with Gasteiger partial charge in [0, 0.05) is 43.4 Å². The van der Waals surface area contributed by atoms with Crippen LogP contribution in [0.1, 0.15) is 31.1 Å². The maximum absolute atomic E-state index is 12.2. The molecular weight excluding hydrogens is 519 g/mol. The number of amides is 1. The molecule has 2 rings (SSSR count). The Balaban J connectivity index is 0.00000450. The first kappa shape index (κ1) is 26.3. The highest BCUT2D eigenvalue weighted by atomic mass is 127. The van der Waals surface area contributed by atoms with Gasteiger partial charge in [-0.1, -0.05) is 17.7 Å². The third kappa shape index (κ3) is 9.82. The summed E-state index contributed by atoms with van der Waals surface area (Å²) in [5.41, 5.74) is 1.59. The van der Waals surface area contributed by atoms with Crippen LogP contribution >= 0.6 is 35.6 Å². The molecule has 0 spiro atoms. The maximum atomic E-state index is 12.2. The number of nitrogens with one attached hydrogen (secondary N) is 3. The Morgan fingerprint density at radius 2 is 2.07 bits per heavy atom. The van der Waals surface area contributed by atoms with Gasteiger partial charge in [0.15, 0.2) is 5.96 Å². The smallest absolute Gasteiger partial charge is 0.226 e. The number of benzene rings is 1. The number of carbonyl (C=O) groups is 1. The topological polar surface area (TPSA) is 87.9 Å². The van der Waals surface area contributed by atoms with Gasteiger partial charge in [-0.25, -0.2) is 0 Å². The Bertz CT molecular complexity index is 785. The average Bonchev–Trinajstić information content (AvgIpc) is 3.21. The van der Waals surface area contributed by atoms with Gasteiger partial charge in [-0.3, -0.25) is 9.79 Å². The van der Waals surface area contributed by atoms with Crippen molar-refractivity contribution in [2.75, 3.05) is 31.6 Å². The number of aliphatic imine (C=N–C) groups is 1. The number of furan rings is 1. The Labute approximate surface area is 200 Å². The fourth-order valence-electron chi connectivity index (χ4n) is 2.52. The molecule has 0 atom stereocenters. The van der Waals surface area contributed by atoms with Crippen LogP contribution < -0.4 is 16.0 Å². The molecule has 0 saturated carbocycles. The Morgan fingerprint density at radius 3 is 2.80 bits per heavy atom. The van der Waals surface area contributed by atoms with E-state index in [2.05, 4.69) is 20.9 Å². The summed E-state index contributed by atoms with van der Waals surface area (Å²) in [6.45, 7) is 6.80. The second-order valence-electron chi connectivity index (χ2n) is 6.38. The third-order valence-electron chi connectivity index (χ3n) is 4.07. The van der Waals surface area contributed by atoms with Crippen LogP contribution in [0.15, 0.2) is 46.0 Å². The van der Waals surface area contributed by atoms with Crippen molar-refractivity contribution in [2.45, 2.75) is 33.3 Å². The highest BCUT2D eigenvalue weighted by Crippen LogP contribution is 2.22. The first-order valence-corrected chi connectivity index (χ1v) is 10.1. The summed E-state index contributed by atoms with van der Waals surface area (Å²) in [5, 5.41) is 9.86. The molecule has 30 heavy (non-hydrogen) atoms. The first-order chi connectivity index (χ1) is 14.1. The van der Waals surface area contributed by atoms with Gasteiger partial charge in [0.05, 0.1) is 6.26 Å². The number of guanidine groups is 1. The molecule has 0 radical (unpaired) electrons. The average molecular weight is 549 g/mol. The highest BCUT2D eigenvalue weighted by Gasteiger charge is 2.07. The number of ether oxygens (including phenoxy) is 1. The van der Waals surface area contributed by atoms with Crippen LogP contribution in [0.25, 0.3) is 0 Å². The lowest BCUT2D eigenvalue weighted by molar-refractivity contribution is -0.116. The molecule has 7 nitrogen and oxygen atoms in total. The van der Waals surface area contributed by atoms with Crippen molar-refractivity contribution in [1.82, 2.24) is 10.6 Å². The second kappa shape index (κ2) is 15.1. The zero-order chi connectivity index (χ0) is 20.9. The van der Waals surface area contributed by atoms with Crippen LogP contribution in [0, 0.1) is 6.92 Å². The van der Waals surface area contributed by atoms with Gasteiger partial charge in [0.25, 0.3) is 0 Å². The highest BCUT2D eigenvalue weighted by molar-refractivity contribution is 14.0.